The van der Waals surface area contributed by atoms with Gasteiger partial charge in [-0.05, 0) is 42.3 Å². The van der Waals surface area contributed by atoms with Gasteiger partial charge in [0.1, 0.15) is 5.75 Å². The van der Waals surface area contributed by atoms with E-state index in [-0.39, 0.29) is 30.8 Å². The van der Waals surface area contributed by atoms with E-state index < -0.39 is 29.9 Å². The lowest BCUT2D eigenvalue weighted by Gasteiger charge is -2.20. The number of hydrogen-bond acceptors (Lipinski definition) is 9. The van der Waals surface area contributed by atoms with Crippen LogP contribution in [0.25, 0.3) is 0 Å². The van der Waals surface area contributed by atoms with E-state index in [9.17, 15) is 24.6 Å². The SMILES string of the molecule is COC(=O)C[C@H](NC(=O)CNC(=O)c1cc(O)cc(NC2=NCC(O)CN2)c1)c1cc(C)cc(Br)c1. The molecule has 11 nitrogen and oxygen atoms in total. The Morgan fingerprint density at radius 1 is 1.22 bits per heavy atom. The molecule has 0 aliphatic carbocycles. The Labute approximate surface area is 216 Å². The number of esters is 1. The van der Waals surface area contributed by atoms with Gasteiger partial charge in [0, 0.05) is 28.3 Å². The van der Waals surface area contributed by atoms with E-state index in [2.05, 4.69) is 42.2 Å². The lowest BCUT2D eigenvalue weighted by Crippen LogP contribution is -2.42. The zero-order valence-electron chi connectivity index (χ0n) is 19.8. The van der Waals surface area contributed by atoms with Crippen molar-refractivity contribution in [2.24, 2.45) is 4.99 Å². The van der Waals surface area contributed by atoms with E-state index in [1.54, 1.807) is 6.07 Å². The number of carbonyl (C=O) groups excluding carboxylic acids is 3. The topological polar surface area (TPSA) is 161 Å². The highest BCUT2D eigenvalue weighted by Gasteiger charge is 2.21. The minimum atomic E-state index is -0.656. The van der Waals surface area contributed by atoms with Gasteiger partial charge in [-0.1, -0.05) is 22.0 Å². The van der Waals surface area contributed by atoms with Gasteiger partial charge in [-0.15, -0.1) is 0 Å². The molecule has 0 saturated carbocycles. The van der Waals surface area contributed by atoms with Crippen LogP contribution in [0.3, 0.4) is 0 Å². The van der Waals surface area contributed by atoms with Crippen molar-refractivity contribution >= 4 is 45.4 Å². The van der Waals surface area contributed by atoms with Crippen LogP contribution in [0.4, 0.5) is 5.69 Å². The first-order valence-electron chi connectivity index (χ1n) is 11.1. The number of aromatic hydroxyl groups is 1. The molecule has 1 heterocycles. The number of phenolic OH excluding ortho intramolecular Hbond substituents is 1. The van der Waals surface area contributed by atoms with E-state index in [1.165, 1.54) is 25.3 Å². The van der Waals surface area contributed by atoms with Crippen LogP contribution in [0.2, 0.25) is 0 Å². The van der Waals surface area contributed by atoms with Crippen LogP contribution in [-0.2, 0) is 14.3 Å². The number of aliphatic imine (C=N–C) groups is 1. The Bertz CT molecular complexity index is 1150. The molecule has 192 valence electrons. The van der Waals surface area contributed by atoms with Crippen molar-refractivity contribution in [3.8, 4) is 5.75 Å². The van der Waals surface area contributed by atoms with Crippen molar-refractivity contribution in [1.29, 1.82) is 0 Å². The Morgan fingerprint density at radius 3 is 2.67 bits per heavy atom. The maximum absolute atomic E-state index is 12.7. The number of nitrogens with one attached hydrogen (secondary N) is 4. The summed E-state index contributed by atoms with van der Waals surface area (Å²) in [5.74, 6) is -1.34. The number of nitrogens with zero attached hydrogens (tertiary/aromatic N) is 1. The second-order valence-corrected chi connectivity index (χ2v) is 9.18. The van der Waals surface area contributed by atoms with Crippen LogP contribution in [0.1, 0.15) is 33.9 Å². The molecule has 1 unspecified atom stereocenters. The van der Waals surface area contributed by atoms with Gasteiger partial charge < -0.3 is 36.2 Å². The first-order valence-corrected chi connectivity index (χ1v) is 11.9. The predicted octanol–water partition coefficient (Wildman–Crippen LogP) is 1.35. The van der Waals surface area contributed by atoms with E-state index >= 15 is 0 Å². The summed E-state index contributed by atoms with van der Waals surface area (Å²) in [4.78, 5) is 41.3. The molecule has 0 bridgehead atoms. The van der Waals surface area contributed by atoms with Gasteiger partial charge >= 0.3 is 5.97 Å². The van der Waals surface area contributed by atoms with Gasteiger partial charge in [0.25, 0.3) is 5.91 Å². The highest BCUT2D eigenvalue weighted by molar-refractivity contribution is 9.10. The number of phenols is 1. The number of benzene rings is 2. The molecule has 1 aliphatic heterocycles. The molecule has 36 heavy (non-hydrogen) atoms. The Balaban J connectivity index is 1.64. The molecule has 3 rings (SSSR count). The third-order valence-electron chi connectivity index (χ3n) is 5.22. The maximum atomic E-state index is 12.7. The molecule has 0 saturated heterocycles. The first kappa shape index (κ1) is 27.0. The van der Waals surface area contributed by atoms with Gasteiger partial charge in [-0.25, -0.2) is 0 Å². The molecule has 2 aromatic rings. The fraction of sp³-hybridized carbons (Fsp3) is 0.333. The third-order valence-corrected chi connectivity index (χ3v) is 5.68. The number of guanidine groups is 1. The zero-order chi connectivity index (χ0) is 26.2. The van der Waals surface area contributed by atoms with Crippen LogP contribution >= 0.6 is 15.9 Å². The third kappa shape index (κ3) is 7.95. The number of aliphatic hydroxyl groups is 1. The molecule has 6 N–H and O–H groups in total. The number of aryl methyl sites for hydroxylation is 1. The second kappa shape index (κ2) is 12.4. The minimum absolute atomic E-state index is 0.0807. The van der Waals surface area contributed by atoms with Gasteiger partial charge in [-0.2, -0.15) is 0 Å². The summed E-state index contributed by atoms with van der Waals surface area (Å²) < 4.78 is 5.56. The normalized spacial score (nSPS) is 15.7. The molecule has 0 spiro atoms. The highest BCUT2D eigenvalue weighted by atomic mass is 79.9. The van der Waals surface area contributed by atoms with Crippen molar-refractivity contribution in [1.82, 2.24) is 16.0 Å². The summed E-state index contributed by atoms with van der Waals surface area (Å²) in [5, 5.41) is 30.7. The van der Waals surface area contributed by atoms with Crippen LogP contribution in [0.5, 0.6) is 5.75 Å². The number of anilines is 1. The molecule has 0 fully saturated rings. The lowest BCUT2D eigenvalue weighted by molar-refractivity contribution is -0.141. The van der Waals surface area contributed by atoms with Crippen molar-refractivity contribution < 1.29 is 29.3 Å². The molecule has 1 aliphatic rings. The van der Waals surface area contributed by atoms with E-state index in [0.717, 1.165) is 10.0 Å². The number of β-amino-alcohol motifs (C(OH)–C–C–N with tert-alkyl or cyclic N) is 1. The van der Waals surface area contributed by atoms with Crippen molar-refractivity contribution in [2.45, 2.75) is 25.5 Å². The Kier molecular flexibility index (Phi) is 9.25. The van der Waals surface area contributed by atoms with Crippen molar-refractivity contribution in [2.75, 3.05) is 32.1 Å². The summed E-state index contributed by atoms with van der Waals surface area (Å²) in [6.07, 6.45) is -0.658. The van der Waals surface area contributed by atoms with Crippen molar-refractivity contribution in [3.05, 3.63) is 57.6 Å². The Morgan fingerprint density at radius 2 is 2.00 bits per heavy atom. The summed E-state index contributed by atoms with van der Waals surface area (Å²) in [6.45, 7) is 2.09. The molecular formula is C24H28BrN5O6. The van der Waals surface area contributed by atoms with E-state index in [0.29, 0.717) is 23.8 Å². The molecule has 12 heteroatoms. The number of carbonyl (C=O) groups is 3. The minimum Gasteiger partial charge on any atom is -0.508 e. The van der Waals surface area contributed by atoms with E-state index in [4.69, 9.17) is 4.74 Å². The quantitative estimate of drug-likeness (QED) is 0.263. The van der Waals surface area contributed by atoms with Crippen molar-refractivity contribution in [3.63, 3.8) is 0 Å². The number of rotatable bonds is 8. The van der Waals surface area contributed by atoms with E-state index in [1.807, 2.05) is 19.1 Å². The number of ether oxygens (including phenoxy) is 1. The molecular weight excluding hydrogens is 534 g/mol. The fourth-order valence-corrected chi connectivity index (χ4v) is 4.17. The maximum Gasteiger partial charge on any atom is 0.307 e. The number of aliphatic hydroxyl groups excluding tert-OH is 1. The van der Waals surface area contributed by atoms with Crippen LogP contribution in [0.15, 0.2) is 45.9 Å². The van der Waals surface area contributed by atoms with Crippen LogP contribution in [-0.4, -0.2) is 66.8 Å². The number of halogens is 1. The van der Waals surface area contributed by atoms with Crippen LogP contribution in [0, 0.1) is 6.92 Å². The lowest BCUT2D eigenvalue weighted by atomic mass is 10.0. The molecule has 0 radical (unpaired) electrons. The van der Waals surface area contributed by atoms with Gasteiger partial charge in [0.2, 0.25) is 5.91 Å². The summed E-state index contributed by atoms with van der Waals surface area (Å²) in [6, 6.07) is 9.07. The summed E-state index contributed by atoms with van der Waals surface area (Å²) in [7, 11) is 1.27. The first-order chi connectivity index (χ1) is 17.1. The molecule has 2 atom stereocenters. The highest BCUT2D eigenvalue weighted by Crippen LogP contribution is 2.24. The monoisotopic (exact) mass is 561 g/mol. The molecule has 2 amide bonds. The summed E-state index contributed by atoms with van der Waals surface area (Å²) >= 11 is 3.42. The largest absolute Gasteiger partial charge is 0.508 e. The number of hydrogen-bond donors (Lipinski definition) is 6. The second-order valence-electron chi connectivity index (χ2n) is 8.26. The van der Waals surface area contributed by atoms with Gasteiger partial charge in [-0.3, -0.25) is 19.4 Å². The standard InChI is InChI=1S/C24H28BrN5O6/c1-13-3-14(5-16(25)4-13)20(9-22(34)36-2)30-21(33)12-26-23(35)15-6-17(8-18(31)7-15)29-24-27-10-19(32)11-28-24/h3-8,19-20,31-32H,9-12H2,1-2H3,(H,26,35)(H,30,33)(H2,27,28,29)/t20-/m0/s1. The summed E-state index contributed by atoms with van der Waals surface area (Å²) in [5.41, 5.74) is 2.17. The average molecular weight is 562 g/mol. The predicted molar refractivity (Wildman–Crippen MR) is 137 cm³/mol. The van der Waals surface area contributed by atoms with Gasteiger partial charge in [0.15, 0.2) is 5.96 Å². The zero-order valence-corrected chi connectivity index (χ0v) is 21.4. The molecule has 0 aromatic heterocycles. The Hall–Kier alpha value is -3.64. The fourth-order valence-electron chi connectivity index (χ4n) is 3.54. The smallest absolute Gasteiger partial charge is 0.307 e. The number of amides is 2. The van der Waals surface area contributed by atoms with Gasteiger partial charge in [0.05, 0.1) is 38.8 Å². The average Bonchev–Trinajstić information content (AvgIpc) is 2.82. The molecule has 2 aromatic carbocycles. The van der Waals surface area contributed by atoms with Crippen LogP contribution < -0.4 is 21.3 Å². The number of methoxy groups -OCH3 is 1.